The fourth-order valence-corrected chi connectivity index (χ4v) is 5.80. The summed E-state index contributed by atoms with van der Waals surface area (Å²) in [5, 5.41) is 19.4. The maximum atomic E-state index is 14.0. The summed E-state index contributed by atoms with van der Waals surface area (Å²) < 4.78 is 14.5. The van der Waals surface area contributed by atoms with E-state index in [1.807, 2.05) is 36.4 Å². The molecule has 0 saturated heterocycles. The van der Waals surface area contributed by atoms with Gasteiger partial charge in [-0.25, -0.2) is 4.39 Å². The standard InChI is InChI=1S/C28H20FN3O3S2/c29-21-14-8-7-13-20(21)17-36-28-31-30-27(37-28)32-24(19-11-5-2-6-12-19)23(25(34)26(32)35)22(33)16-15-18-9-3-1-4-10-18/h1-16,24,34H,17H2/b16-15+. The molecule has 1 N–H and O–H groups in total. The first kappa shape index (κ1) is 24.6. The predicted molar refractivity (Wildman–Crippen MR) is 143 cm³/mol. The second-order valence-electron chi connectivity index (χ2n) is 8.09. The molecule has 0 aliphatic carbocycles. The number of nitrogens with zero attached hydrogens (tertiary/aromatic N) is 3. The molecule has 3 aromatic carbocycles. The number of amides is 1. The van der Waals surface area contributed by atoms with Crippen molar-refractivity contribution < 1.29 is 19.1 Å². The van der Waals surface area contributed by atoms with Crippen LogP contribution in [0, 0.1) is 5.82 Å². The van der Waals surface area contributed by atoms with E-state index >= 15 is 0 Å². The van der Waals surface area contributed by atoms with Crippen molar-refractivity contribution >= 4 is 46.0 Å². The van der Waals surface area contributed by atoms with E-state index in [1.54, 1.807) is 48.5 Å². The lowest BCUT2D eigenvalue weighted by atomic mass is 9.96. The lowest BCUT2D eigenvalue weighted by Gasteiger charge is -2.23. The molecule has 1 atom stereocenters. The monoisotopic (exact) mass is 529 g/mol. The van der Waals surface area contributed by atoms with Crippen LogP contribution in [0.2, 0.25) is 0 Å². The van der Waals surface area contributed by atoms with Crippen molar-refractivity contribution in [2.75, 3.05) is 4.90 Å². The number of hydrogen-bond donors (Lipinski definition) is 1. The van der Waals surface area contributed by atoms with E-state index in [2.05, 4.69) is 10.2 Å². The summed E-state index contributed by atoms with van der Waals surface area (Å²) in [7, 11) is 0. The van der Waals surface area contributed by atoms with E-state index in [-0.39, 0.29) is 16.5 Å². The van der Waals surface area contributed by atoms with Gasteiger partial charge in [-0.1, -0.05) is 108 Å². The van der Waals surface area contributed by atoms with Crippen LogP contribution in [0.5, 0.6) is 0 Å². The summed E-state index contributed by atoms with van der Waals surface area (Å²) in [4.78, 5) is 27.8. The van der Waals surface area contributed by atoms with Gasteiger partial charge >= 0.3 is 0 Å². The average molecular weight is 530 g/mol. The first-order chi connectivity index (χ1) is 18.0. The molecular formula is C28H20FN3O3S2. The smallest absolute Gasteiger partial charge is 0.296 e. The molecule has 0 bridgehead atoms. The molecule has 37 heavy (non-hydrogen) atoms. The number of anilines is 1. The molecule has 9 heteroatoms. The molecular weight excluding hydrogens is 509 g/mol. The highest BCUT2D eigenvalue weighted by Gasteiger charge is 2.45. The summed E-state index contributed by atoms with van der Waals surface area (Å²) in [5.41, 5.74) is 1.96. The van der Waals surface area contributed by atoms with Crippen molar-refractivity contribution in [3.8, 4) is 0 Å². The van der Waals surface area contributed by atoms with Gasteiger partial charge in [0.2, 0.25) is 5.13 Å². The van der Waals surface area contributed by atoms with Gasteiger partial charge in [0.25, 0.3) is 5.91 Å². The van der Waals surface area contributed by atoms with Gasteiger partial charge < -0.3 is 5.11 Å². The lowest BCUT2D eigenvalue weighted by molar-refractivity contribution is -0.117. The lowest BCUT2D eigenvalue weighted by Crippen LogP contribution is -2.30. The van der Waals surface area contributed by atoms with Gasteiger partial charge in [0.05, 0.1) is 11.6 Å². The summed E-state index contributed by atoms with van der Waals surface area (Å²) in [5.74, 6) is -1.79. The molecule has 1 aliphatic rings. The number of aliphatic hydroxyl groups is 1. The summed E-state index contributed by atoms with van der Waals surface area (Å²) in [6.07, 6.45) is 2.99. The number of hydrogen-bond acceptors (Lipinski definition) is 7. The number of allylic oxidation sites excluding steroid dienone is 1. The first-order valence-corrected chi connectivity index (χ1v) is 13.1. The number of carbonyl (C=O) groups is 2. The van der Waals surface area contributed by atoms with Gasteiger partial charge in [0, 0.05) is 5.75 Å². The van der Waals surface area contributed by atoms with Crippen molar-refractivity contribution in [1.82, 2.24) is 10.2 Å². The van der Waals surface area contributed by atoms with Crippen LogP contribution in [-0.2, 0) is 15.3 Å². The third-order valence-electron chi connectivity index (χ3n) is 5.73. The Morgan fingerprint density at radius 3 is 2.41 bits per heavy atom. The van der Waals surface area contributed by atoms with E-state index in [1.165, 1.54) is 28.8 Å². The molecule has 1 amide bonds. The van der Waals surface area contributed by atoms with E-state index in [0.29, 0.717) is 21.2 Å². The van der Waals surface area contributed by atoms with Gasteiger partial charge in [-0.05, 0) is 28.8 Å². The van der Waals surface area contributed by atoms with Crippen LogP contribution < -0.4 is 4.90 Å². The minimum absolute atomic E-state index is 0.0286. The van der Waals surface area contributed by atoms with E-state index < -0.39 is 23.5 Å². The van der Waals surface area contributed by atoms with Crippen molar-refractivity contribution in [3.05, 3.63) is 125 Å². The van der Waals surface area contributed by atoms with Crippen molar-refractivity contribution in [2.24, 2.45) is 0 Å². The summed E-state index contributed by atoms with van der Waals surface area (Å²) >= 11 is 2.43. The van der Waals surface area contributed by atoms with Crippen LogP contribution in [0.15, 0.2) is 107 Å². The number of aliphatic hydroxyl groups excluding tert-OH is 1. The van der Waals surface area contributed by atoms with Crippen molar-refractivity contribution in [1.29, 1.82) is 0 Å². The Morgan fingerprint density at radius 1 is 1.00 bits per heavy atom. The Balaban J connectivity index is 1.45. The van der Waals surface area contributed by atoms with E-state index in [0.717, 1.165) is 16.9 Å². The third kappa shape index (κ3) is 5.23. The summed E-state index contributed by atoms with van der Waals surface area (Å²) in [6, 6.07) is 23.9. The topological polar surface area (TPSA) is 83.4 Å². The second kappa shape index (κ2) is 10.9. The average Bonchev–Trinajstić information content (AvgIpc) is 3.50. The molecule has 1 unspecified atom stereocenters. The number of halogens is 1. The number of thioether (sulfide) groups is 1. The highest BCUT2D eigenvalue weighted by molar-refractivity contribution is 8.00. The molecule has 0 fully saturated rings. The first-order valence-electron chi connectivity index (χ1n) is 11.3. The van der Waals surface area contributed by atoms with Crippen LogP contribution in [-0.4, -0.2) is 27.0 Å². The minimum Gasteiger partial charge on any atom is -0.503 e. The minimum atomic E-state index is -0.876. The molecule has 2 heterocycles. The van der Waals surface area contributed by atoms with Crippen molar-refractivity contribution in [2.45, 2.75) is 16.1 Å². The van der Waals surface area contributed by atoms with Gasteiger partial charge in [-0.2, -0.15) is 0 Å². The Labute approximate surface area is 220 Å². The zero-order valence-electron chi connectivity index (χ0n) is 19.3. The highest BCUT2D eigenvalue weighted by Crippen LogP contribution is 2.43. The van der Waals surface area contributed by atoms with Gasteiger partial charge in [0.15, 0.2) is 15.9 Å². The summed E-state index contributed by atoms with van der Waals surface area (Å²) in [6.45, 7) is 0. The predicted octanol–water partition coefficient (Wildman–Crippen LogP) is 6.15. The normalized spacial score (nSPS) is 15.6. The Bertz CT molecular complexity index is 1500. The fraction of sp³-hybridized carbons (Fsp3) is 0.0714. The zero-order valence-corrected chi connectivity index (χ0v) is 21.0. The number of aromatic nitrogens is 2. The van der Waals surface area contributed by atoms with Crippen LogP contribution in [0.4, 0.5) is 9.52 Å². The third-order valence-corrected chi connectivity index (χ3v) is 7.83. The molecule has 0 spiro atoms. The highest BCUT2D eigenvalue weighted by atomic mass is 32.2. The molecule has 0 radical (unpaired) electrons. The molecule has 184 valence electrons. The molecule has 6 nitrogen and oxygen atoms in total. The van der Waals surface area contributed by atoms with Crippen molar-refractivity contribution in [3.63, 3.8) is 0 Å². The maximum Gasteiger partial charge on any atom is 0.296 e. The van der Waals surface area contributed by atoms with Gasteiger partial charge in [0.1, 0.15) is 5.82 Å². The quantitative estimate of drug-likeness (QED) is 0.167. The molecule has 1 aromatic heterocycles. The van der Waals surface area contributed by atoms with Crippen LogP contribution in [0.25, 0.3) is 6.08 Å². The van der Waals surface area contributed by atoms with E-state index in [4.69, 9.17) is 0 Å². The Hall–Kier alpha value is -4.08. The van der Waals surface area contributed by atoms with Gasteiger partial charge in [-0.15, -0.1) is 10.2 Å². The molecule has 0 saturated carbocycles. The Morgan fingerprint density at radius 2 is 1.68 bits per heavy atom. The molecule has 1 aliphatic heterocycles. The Kier molecular flexibility index (Phi) is 7.25. The maximum absolute atomic E-state index is 14.0. The number of carbonyl (C=O) groups excluding carboxylic acids is 2. The van der Waals surface area contributed by atoms with Crippen LogP contribution in [0.1, 0.15) is 22.7 Å². The zero-order chi connectivity index (χ0) is 25.8. The SMILES string of the molecule is O=C(/C=C/c1ccccc1)C1=C(O)C(=O)N(c2nnc(SCc3ccccc3F)s2)C1c1ccccc1. The molecule has 5 rings (SSSR count). The van der Waals surface area contributed by atoms with Crippen LogP contribution >= 0.6 is 23.1 Å². The number of rotatable bonds is 8. The largest absolute Gasteiger partial charge is 0.503 e. The second-order valence-corrected chi connectivity index (χ2v) is 10.3. The molecule has 4 aromatic rings. The van der Waals surface area contributed by atoms with Crippen LogP contribution in [0.3, 0.4) is 0 Å². The fourth-order valence-electron chi connectivity index (χ4n) is 3.94. The number of benzene rings is 3. The van der Waals surface area contributed by atoms with E-state index in [9.17, 15) is 19.1 Å². The van der Waals surface area contributed by atoms with Gasteiger partial charge in [-0.3, -0.25) is 14.5 Å². The number of ketones is 1.